The van der Waals surface area contributed by atoms with Crippen LogP contribution in [0.3, 0.4) is 0 Å². The number of nitrogens with zero attached hydrogens (tertiary/aromatic N) is 1. The van der Waals surface area contributed by atoms with Crippen molar-refractivity contribution in [3.8, 4) is 0 Å². The summed E-state index contributed by atoms with van der Waals surface area (Å²) in [6.45, 7) is 5.15. The Morgan fingerprint density at radius 3 is 2.45 bits per heavy atom. The molecular weight excluding hydrogens is 256 g/mol. The number of amides is 2. The Kier molecular flexibility index (Phi) is 7.41. The van der Waals surface area contributed by atoms with Gasteiger partial charge in [0, 0.05) is 13.1 Å². The zero-order valence-electron chi connectivity index (χ0n) is 12.7. The van der Waals surface area contributed by atoms with E-state index in [0.29, 0.717) is 19.0 Å². The average Bonchev–Trinajstić information content (AvgIpc) is 2.40. The van der Waals surface area contributed by atoms with Gasteiger partial charge in [0.2, 0.25) is 0 Å². The molecule has 1 aliphatic carbocycles. The second kappa shape index (κ2) is 8.82. The van der Waals surface area contributed by atoms with Crippen molar-refractivity contribution in [2.45, 2.75) is 52.4 Å². The van der Waals surface area contributed by atoms with Crippen LogP contribution < -0.4 is 5.32 Å². The third-order valence-electron chi connectivity index (χ3n) is 4.07. The van der Waals surface area contributed by atoms with Gasteiger partial charge in [-0.3, -0.25) is 4.79 Å². The molecule has 0 heterocycles. The van der Waals surface area contributed by atoms with Crippen molar-refractivity contribution >= 4 is 12.0 Å². The van der Waals surface area contributed by atoms with E-state index >= 15 is 0 Å². The maximum atomic E-state index is 11.9. The average molecular weight is 284 g/mol. The summed E-state index contributed by atoms with van der Waals surface area (Å²) in [5, 5.41) is 11.6. The lowest BCUT2D eigenvalue weighted by Gasteiger charge is -2.26. The van der Waals surface area contributed by atoms with Gasteiger partial charge < -0.3 is 15.3 Å². The van der Waals surface area contributed by atoms with Crippen LogP contribution in [0.15, 0.2) is 0 Å². The summed E-state index contributed by atoms with van der Waals surface area (Å²) in [7, 11) is 0. The highest BCUT2D eigenvalue weighted by atomic mass is 16.4. The van der Waals surface area contributed by atoms with Crippen molar-refractivity contribution in [3.63, 3.8) is 0 Å². The quantitative estimate of drug-likeness (QED) is 0.755. The monoisotopic (exact) mass is 284 g/mol. The Morgan fingerprint density at radius 1 is 1.25 bits per heavy atom. The third kappa shape index (κ3) is 6.26. The topological polar surface area (TPSA) is 69.6 Å². The second-order valence-corrected chi connectivity index (χ2v) is 5.96. The molecule has 0 saturated heterocycles. The van der Waals surface area contributed by atoms with Gasteiger partial charge in [0.25, 0.3) is 0 Å². The smallest absolute Gasteiger partial charge is 0.323 e. The molecule has 0 radical (unpaired) electrons. The van der Waals surface area contributed by atoms with E-state index in [0.717, 1.165) is 18.8 Å². The van der Waals surface area contributed by atoms with Crippen LogP contribution in [0.2, 0.25) is 0 Å². The Balaban J connectivity index is 2.24. The Hall–Kier alpha value is -1.26. The van der Waals surface area contributed by atoms with Gasteiger partial charge in [-0.05, 0) is 24.7 Å². The van der Waals surface area contributed by atoms with E-state index in [1.165, 1.54) is 30.6 Å². The molecule has 1 aliphatic rings. The number of carboxylic acids is 1. The summed E-state index contributed by atoms with van der Waals surface area (Å²) in [6.07, 6.45) is 6.86. The molecule has 116 valence electrons. The van der Waals surface area contributed by atoms with Crippen LogP contribution in [-0.2, 0) is 4.79 Å². The first kappa shape index (κ1) is 16.8. The van der Waals surface area contributed by atoms with Gasteiger partial charge in [-0.1, -0.05) is 39.5 Å². The molecule has 1 saturated carbocycles. The molecular formula is C15H28N2O3. The van der Waals surface area contributed by atoms with Crippen molar-refractivity contribution < 1.29 is 14.7 Å². The number of urea groups is 1. The van der Waals surface area contributed by atoms with Crippen molar-refractivity contribution in [1.29, 1.82) is 0 Å². The summed E-state index contributed by atoms with van der Waals surface area (Å²) in [5.41, 5.74) is 0. The minimum Gasteiger partial charge on any atom is -0.480 e. The minimum absolute atomic E-state index is 0.222. The summed E-state index contributed by atoms with van der Waals surface area (Å²) in [6, 6.07) is -0.251. The van der Waals surface area contributed by atoms with Crippen molar-refractivity contribution in [2.24, 2.45) is 11.8 Å². The van der Waals surface area contributed by atoms with E-state index in [9.17, 15) is 9.59 Å². The molecule has 0 atom stereocenters. The number of hydrogen-bond donors (Lipinski definition) is 2. The predicted octanol–water partition coefficient (Wildman–Crippen LogP) is 2.71. The predicted molar refractivity (Wildman–Crippen MR) is 78.6 cm³/mol. The molecule has 0 aromatic carbocycles. The molecule has 5 heteroatoms. The summed E-state index contributed by atoms with van der Waals surface area (Å²) in [5.74, 6) is 0.594. The molecule has 0 unspecified atom stereocenters. The number of carbonyl (C=O) groups excluding carboxylic acids is 1. The van der Waals surface area contributed by atoms with Gasteiger partial charge in [0.05, 0.1) is 0 Å². The molecule has 0 aromatic heterocycles. The maximum Gasteiger partial charge on any atom is 0.323 e. The van der Waals surface area contributed by atoms with E-state index in [1.54, 1.807) is 0 Å². The Labute approximate surface area is 121 Å². The van der Waals surface area contributed by atoms with E-state index in [-0.39, 0.29) is 12.6 Å². The summed E-state index contributed by atoms with van der Waals surface area (Å²) < 4.78 is 0. The lowest BCUT2D eigenvalue weighted by Crippen LogP contribution is -2.43. The number of rotatable bonds is 7. The first-order valence-corrected chi connectivity index (χ1v) is 7.77. The molecule has 20 heavy (non-hydrogen) atoms. The van der Waals surface area contributed by atoms with E-state index in [1.807, 2.05) is 6.92 Å². The van der Waals surface area contributed by atoms with Crippen molar-refractivity contribution in [3.05, 3.63) is 0 Å². The summed E-state index contributed by atoms with van der Waals surface area (Å²) in [4.78, 5) is 24.0. The zero-order valence-corrected chi connectivity index (χ0v) is 12.7. The SMILES string of the molecule is CCCN(CC(=O)O)C(=O)NCCC1CCC(C)CC1. The number of hydrogen-bond acceptors (Lipinski definition) is 2. The fourth-order valence-electron chi connectivity index (χ4n) is 2.80. The van der Waals surface area contributed by atoms with Gasteiger partial charge in [-0.15, -0.1) is 0 Å². The molecule has 0 aromatic rings. The standard InChI is InChI=1S/C15H28N2O3/c1-3-10-17(11-14(18)19)15(20)16-9-8-13-6-4-12(2)5-7-13/h12-13H,3-11H2,1-2H3,(H,16,20)(H,18,19). The van der Waals surface area contributed by atoms with Gasteiger partial charge in [-0.25, -0.2) is 4.79 Å². The highest BCUT2D eigenvalue weighted by Gasteiger charge is 2.19. The molecule has 2 amide bonds. The van der Waals surface area contributed by atoms with Crippen LogP contribution in [0.1, 0.15) is 52.4 Å². The molecule has 5 nitrogen and oxygen atoms in total. The number of aliphatic carboxylic acids is 1. The Bertz CT molecular complexity index is 312. The van der Waals surface area contributed by atoms with E-state index < -0.39 is 5.97 Å². The minimum atomic E-state index is -0.963. The molecule has 2 N–H and O–H groups in total. The highest BCUT2D eigenvalue weighted by molar-refractivity contribution is 5.80. The lowest BCUT2D eigenvalue weighted by molar-refractivity contribution is -0.137. The van der Waals surface area contributed by atoms with Crippen LogP contribution in [0.5, 0.6) is 0 Å². The van der Waals surface area contributed by atoms with Crippen molar-refractivity contribution in [1.82, 2.24) is 10.2 Å². The van der Waals surface area contributed by atoms with E-state index in [4.69, 9.17) is 5.11 Å². The van der Waals surface area contributed by atoms with Crippen LogP contribution in [-0.4, -0.2) is 41.6 Å². The van der Waals surface area contributed by atoms with Gasteiger partial charge in [-0.2, -0.15) is 0 Å². The number of carboxylic acid groups (broad SMARTS) is 1. The largest absolute Gasteiger partial charge is 0.480 e. The lowest BCUT2D eigenvalue weighted by atomic mass is 9.81. The van der Waals surface area contributed by atoms with Crippen molar-refractivity contribution in [2.75, 3.05) is 19.6 Å². The molecule has 0 aliphatic heterocycles. The van der Waals surface area contributed by atoms with Crippen LogP contribution in [0, 0.1) is 11.8 Å². The third-order valence-corrected chi connectivity index (χ3v) is 4.07. The normalized spacial score (nSPS) is 22.3. The molecule has 1 rings (SSSR count). The summed E-state index contributed by atoms with van der Waals surface area (Å²) >= 11 is 0. The fraction of sp³-hybridized carbons (Fsp3) is 0.867. The second-order valence-electron chi connectivity index (χ2n) is 5.96. The number of nitrogens with one attached hydrogen (secondary N) is 1. The molecule has 0 bridgehead atoms. The Morgan fingerprint density at radius 2 is 1.90 bits per heavy atom. The highest BCUT2D eigenvalue weighted by Crippen LogP contribution is 2.29. The van der Waals surface area contributed by atoms with Crippen LogP contribution in [0.4, 0.5) is 4.79 Å². The first-order chi connectivity index (χ1) is 9.52. The zero-order chi connectivity index (χ0) is 15.0. The van der Waals surface area contributed by atoms with Gasteiger partial charge in [0.1, 0.15) is 6.54 Å². The molecule has 1 fully saturated rings. The fourth-order valence-corrected chi connectivity index (χ4v) is 2.80. The van der Waals surface area contributed by atoms with Gasteiger partial charge >= 0.3 is 12.0 Å². The number of carbonyl (C=O) groups is 2. The first-order valence-electron chi connectivity index (χ1n) is 7.77. The van der Waals surface area contributed by atoms with E-state index in [2.05, 4.69) is 12.2 Å². The van der Waals surface area contributed by atoms with Crippen LogP contribution in [0.25, 0.3) is 0 Å². The molecule has 0 spiro atoms. The van der Waals surface area contributed by atoms with Crippen LogP contribution >= 0.6 is 0 Å². The van der Waals surface area contributed by atoms with Gasteiger partial charge in [0.15, 0.2) is 0 Å². The maximum absolute atomic E-state index is 11.9.